The van der Waals surface area contributed by atoms with Crippen LogP contribution in [-0.4, -0.2) is 5.11 Å². The summed E-state index contributed by atoms with van der Waals surface area (Å²) in [6, 6.07) is 9.64. The molecule has 1 heteroatoms. The highest BCUT2D eigenvalue weighted by Gasteiger charge is 2.02. The summed E-state index contributed by atoms with van der Waals surface area (Å²) in [5, 5.41) is 9.66. The summed E-state index contributed by atoms with van der Waals surface area (Å²) in [4.78, 5) is 0. The van der Waals surface area contributed by atoms with Crippen LogP contribution in [0.2, 0.25) is 0 Å². The van der Waals surface area contributed by atoms with Gasteiger partial charge in [-0.25, -0.2) is 0 Å². The van der Waals surface area contributed by atoms with E-state index in [1.54, 1.807) is 6.08 Å². The molecule has 0 aliphatic carbocycles. The molecule has 1 aromatic rings. The Morgan fingerprint density at radius 1 is 1.31 bits per heavy atom. The lowest BCUT2D eigenvalue weighted by Gasteiger charge is -2.06. The van der Waals surface area contributed by atoms with Crippen molar-refractivity contribution in [2.24, 2.45) is 0 Å². The molecule has 13 heavy (non-hydrogen) atoms. The number of aliphatic hydroxyl groups excluding tert-OH is 1. The SMILES string of the molecule is C=C/C=C/C[C@@H](O)c1ccccc1. The summed E-state index contributed by atoms with van der Waals surface area (Å²) < 4.78 is 0. The fraction of sp³-hybridized carbons (Fsp3) is 0.167. The molecule has 1 N–H and O–H groups in total. The van der Waals surface area contributed by atoms with Crippen LogP contribution in [0, 0.1) is 0 Å². The summed E-state index contributed by atoms with van der Waals surface area (Å²) in [5.74, 6) is 0. The van der Waals surface area contributed by atoms with Gasteiger partial charge < -0.3 is 5.11 Å². The lowest BCUT2D eigenvalue weighted by Crippen LogP contribution is -1.94. The van der Waals surface area contributed by atoms with Gasteiger partial charge in [0.05, 0.1) is 6.10 Å². The van der Waals surface area contributed by atoms with Crippen LogP contribution in [0.5, 0.6) is 0 Å². The normalized spacial score (nSPS) is 13.0. The van der Waals surface area contributed by atoms with Crippen LogP contribution in [-0.2, 0) is 0 Å². The van der Waals surface area contributed by atoms with E-state index in [1.807, 2.05) is 42.5 Å². The fourth-order valence-corrected chi connectivity index (χ4v) is 1.11. The molecule has 68 valence electrons. The molecule has 0 aliphatic heterocycles. The fourth-order valence-electron chi connectivity index (χ4n) is 1.11. The van der Waals surface area contributed by atoms with Crippen molar-refractivity contribution >= 4 is 0 Å². The van der Waals surface area contributed by atoms with Gasteiger partial charge in [0.1, 0.15) is 0 Å². The van der Waals surface area contributed by atoms with Gasteiger partial charge in [-0.05, 0) is 12.0 Å². The third-order valence-electron chi connectivity index (χ3n) is 1.82. The van der Waals surface area contributed by atoms with Crippen molar-refractivity contribution in [2.45, 2.75) is 12.5 Å². The summed E-state index contributed by atoms with van der Waals surface area (Å²) in [6.45, 7) is 3.56. The predicted octanol–water partition coefficient (Wildman–Crippen LogP) is 2.85. The van der Waals surface area contributed by atoms with E-state index in [-0.39, 0.29) is 0 Å². The molecule has 0 aromatic heterocycles. The first-order valence-corrected chi connectivity index (χ1v) is 4.35. The van der Waals surface area contributed by atoms with Crippen molar-refractivity contribution in [2.75, 3.05) is 0 Å². The Hall–Kier alpha value is -1.34. The first-order chi connectivity index (χ1) is 6.34. The largest absolute Gasteiger partial charge is 0.388 e. The Labute approximate surface area is 79.0 Å². The lowest BCUT2D eigenvalue weighted by atomic mass is 10.1. The molecule has 0 fully saturated rings. The van der Waals surface area contributed by atoms with Gasteiger partial charge in [0, 0.05) is 0 Å². The summed E-state index contributed by atoms with van der Waals surface area (Å²) >= 11 is 0. The van der Waals surface area contributed by atoms with Crippen molar-refractivity contribution in [1.82, 2.24) is 0 Å². The standard InChI is InChI=1S/C12H14O/c1-2-3-5-10-12(13)11-8-6-4-7-9-11/h2-9,12-13H,1,10H2/b5-3+/t12-/m1/s1. The molecule has 1 rings (SSSR count). The van der Waals surface area contributed by atoms with Gasteiger partial charge in [-0.3, -0.25) is 0 Å². The molecule has 0 bridgehead atoms. The Kier molecular flexibility index (Phi) is 4.00. The second-order valence-corrected chi connectivity index (χ2v) is 2.83. The minimum atomic E-state index is -0.405. The van der Waals surface area contributed by atoms with E-state index in [0.29, 0.717) is 6.42 Å². The van der Waals surface area contributed by atoms with E-state index in [4.69, 9.17) is 0 Å². The van der Waals surface area contributed by atoms with Crippen molar-refractivity contribution in [3.63, 3.8) is 0 Å². The quantitative estimate of drug-likeness (QED) is 0.696. The van der Waals surface area contributed by atoms with E-state index in [9.17, 15) is 5.11 Å². The molecule has 0 unspecified atom stereocenters. The molecule has 0 aliphatic rings. The topological polar surface area (TPSA) is 20.2 Å². The Morgan fingerprint density at radius 3 is 2.62 bits per heavy atom. The summed E-state index contributed by atoms with van der Waals surface area (Å²) in [7, 11) is 0. The van der Waals surface area contributed by atoms with Crippen molar-refractivity contribution in [3.8, 4) is 0 Å². The third kappa shape index (κ3) is 3.26. The number of allylic oxidation sites excluding steroid dienone is 2. The van der Waals surface area contributed by atoms with E-state index >= 15 is 0 Å². The molecule has 0 amide bonds. The van der Waals surface area contributed by atoms with Gasteiger partial charge in [0.15, 0.2) is 0 Å². The van der Waals surface area contributed by atoms with Crippen molar-refractivity contribution in [1.29, 1.82) is 0 Å². The first kappa shape index (κ1) is 9.75. The number of benzene rings is 1. The van der Waals surface area contributed by atoms with E-state index in [1.165, 1.54) is 0 Å². The van der Waals surface area contributed by atoms with Gasteiger partial charge in [0.25, 0.3) is 0 Å². The molecule has 0 radical (unpaired) electrons. The first-order valence-electron chi connectivity index (χ1n) is 4.35. The van der Waals surface area contributed by atoms with Gasteiger partial charge in [-0.15, -0.1) is 0 Å². The highest BCUT2D eigenvalue weighted by molar-refractivity contribution is 5.18. The van der Waals surface area contributed by atoms with Crippen molar-refractivity contribution in [3.05, 3.63) is 60.7 Å². The number of rotatable bonds is 4. The van der Waals surface area contributed by atoms with Gasteiger partial charge in [-0.1, -0.05) is 55.1 Å². The second kappa shape index (κ2) is 5.33. The predicted molar refractivity (Wildman–Crippen MR) is 55.4 cm³/mol. The second-order valence-electron chi connectivity index (χ2n) is 2.83. The van der Waals surface area contributed by atoms with E-state index < -0.39 is 6.10 Å². The van der Waals surface area contributed by atoms with Crippen LogP contribution >= 0.6 is 0 Å². The number of hydrogen-bond acceptors (Lipinski definition) is 1. The van der Waals surface area contributed by atoms with E-state index in [0.717, 1.165) is 5.56 Å². The minimum absolute atomic E-state index is 0.405. The molecule has 1 nitrogen and oxygen atoms in total. The molecule has 1 atom stereocenters. The molecule has 1 aromatic carbocycles. The highest BCUT2D eigenvalue weighted by atomic mass is 16.3. The highest BCUT2D eigenvalue weighted by Crippen LogP contribution is 2.15. The van der Waals surface area contributed by atoms with Gasteiger partial charge in [-0.2, -0.15) is 0 Å². The number of aliphatic hydroxyl groups is 1. The van der Waals surface area contributed by atoms with E-state index in [2.05, 4.69) is 6.58 Å². The Balaban J connectivity index is 2.53. The summed E-state index contributed by atoms with van der Waals surface area (Å²) in [5.41, 5.74) is 0.955. The van der Waals surface area contributed by atoms with Crippen LogP contribution in [0.3, 0.4) is 0 Å². The molecule has 0 saturated heterocycles. The van der Waals surface area contributed by atoms with Crippen LogP contribution < -0.4 is 0 Å². The lowest BCUT2D eigenvalue weighted by molar-refractivity contribution is 0.181. The third-order valence-corrected chi connectivity index (χ3v) is 1.82. The van der Waals surface area contributed by atoms with Crippen molar-refractivity contribution < 1.29 is 5.11 Å². The van der Waals surface area contributed by atoms with Crippen LogP contribution in [0.1, 0.15) is 18.1 Å². The monoisotopic (exact) mass is 174 g/mol. The smallest absolute Gasteiger partial charge is 0.0824 e. The zero-order valence-corrected chi connectivity index (χ0v) is 7.56. The molecular formula is C12H14O. The zero-order valence-electron chi connectivity index (χ0n) is 7.56. The molecule has 0 saturated carbocycles. The Bertz CT molecular complexity index is 274. The number of hydrogen-bond donors (Lipinski definition) is 1. The maximum absolute atomic E-state index is 9.66. The average molecular weight is 174 g/mol. The van der Waals surface area contributed by atoms with Gasteiger partial charge >= 0.3 is 0 Å². The zero-order chi connectivity index (χ0) is 9.52. The average Bonchev–Trinajstić information content (AvgIpc) is 2.19. The van der Waals surface area contributed by atoms with Gasteiger partial charge in [0.2, 0.25) is 0 Å². The molecular weight excluding hydrogens is 160 g/mol. The Morgan fingerprint density at radius 2 is 2.00 bits per heavy atom. The molecule has 0 spiro atoms. The summed E-state index contributed by atoms with van der Waals surface area (Å²) in [6.07, 6.45) is 5.68. The maximum Gasteiger partial charge on any atom is 0.0824 e. The van der Waals surface area contributed by atoms with Crippen LogP contribution in [0.15, 0.2) is 55.1 Å². The maximum atomic E-state index is 9.66. The minimum Gasteiger partial charge on any atom is -0.388 e. The molecule has 0 heterocycles. The van der Waals surface area contributed by atoms with Crippen LogP contribution in [0.25, 0.3) is 0 Å². The van der Waals surface area contributed by atoms with Crippen LogP contribution in [0.4, 0.5) is 0 Å².